The fraction of sp³-hybridized carbons (Fsp3) is 0.333. The van der Waals surface area contributed by atoms with Crippen LogP contribution in [0.25, 0.3) is 21.8 Å². The largest absolute Gasteiger partial charge is 0.381 e. The van der Waals surface area contributed by atoms with Crippen LogP contribution in [-0.2, 0) is 4.74 Å². The zero-order chi connectivity index (χ0) is 19.0. The fourth-order valence-electron chi connectivity index (χ4n) is 4.25. The van der Waals surface area contributed by atoms with Crippen molar-refractivity contribution in [2.75, 3.05) is 7.11 Å². The molecule has 2 aromatic carbocycles. The van der Waals surface area contributed by atoms with Crippen molar-refractivity contribution < 1.29 is 9.53 Å². The van der Waals surface area contributed by atoms with E-state index in [2.05, 4.69) is 27.8 Å². The number of para-hydroxylation sites is 1. The van der Waals surface area contributed by atoms with Crippen molar-refractivity contribution in [2.24, 2.45) is 16.5 Å². The number of aliphatic imine (C=N–C) groups is 1. The van der Waals surface area contributed by atoms with Crippen molar-refractivity contribution in [3.8, 4) is 0 Å². The van der Waals surface area contributed by atoms with Gasteiger partial charge in [0.2, 0.25) is 0 Å². The van der Waals surface area contributed by atoms with Gasteiger partial charge in [-0.3, -0.25) is 4.79 Å². The number of nitrogens with zero attached hydrogens (tertiary/aromatic N) is 2. The second-order valence-corrected chi connectivity index (χ2v) is 7.13. The van der Waals surface area contributed by atoms with E-state index in [0.29, 0.717) is 17.7 Å². The van der Waals surface area contributed by atoms with Crippen molar-refractivity contribution in [2.45, 2.75) is 37.8 Å². The van der Waals surface area contributed by atoms with Gasteiger partial charge in [0.05, 0.1) is 11.6 Å². The minimum absolute atomic E-state index is 0.224. The number of ether oxygens (including phenoxy) is 1. The van der Waals surface area contributed by atoms with Crippen LogP contribution in [0.3, 0.4) is 0 Å². The average Bonchev–Trinajstić information content (AvgIpc) is 3.01. The SMILES string of the molecule is CO[C@H]1CC[C@H](n2c3ccccc3c3ccc(C(=O)N=C(N)N)cc32)CC1. The molecular formula is C21H24N4O2. The predicted octanol–water partition coefficient (Wildman–Crippen LogP) is 3.34. The average molecular weight is 364 g/mol. The second kappa shape index (κ2) is 7.04. The van der Waals surface area contributed by atoms with E-state index in [1.165, 1.54) is 10.9 Å². The van der Waals surface area contributed by atoms with Gasteiger partial charge in [0, 0.05) is 35.0 Å². The summed E-state index contributed by atoms with van der Waals surface area (Å²) in [6.45, 7) is 0. The van der Waals surface area contributed by atoms with Gasteiger partial charge in [-0.2, -0.15) is 4.99 Å². The number of nitrogens with two attached hydrogens (primary N) is 2. The molecule has 1 amide bonds. The number of fused-ring (bicyclic) bond motifs is 3. The molecule has 140 valence electrons. The third-order valence-corrected chi connectivity index (χ3v) is 5.53. The predicted molar refractivity (Wildman–Crippen MR) is 108 cm³/mol. The molecule has 0 saturated heterocycles. The third kappa shape index (κ3) is 3.17. The lowest BCUT2D eigenvalue weighted by molar-refractivity contribution is 0.0595. The summed E-state index contributed by atoms with van der Waals surface area (Å²) in [7, 11) is 1.78. The smallest absolute Gasteiger partial charge is 0.280 e. The van der Waals surface area contributed by atoms with Crippen LogP contribution >= 0.6 is 0 Å². The quantitative estimate of drug-likeness (QED) is 0.550. The Hall–Kier alpha value is -2.86. The van der Waals surface area contributed by atoms with Gasteiger partial charge < -0.3 is 20.8 Å². The van der Waals surface area contributed by atoms with Gasteiger partial charge in [0.1, 0.15) is 0 Å². The minimum Gasteiger partial charge on any atom is -0.381 e. The van der Waals surface area contributed by atoms with Gasteiger partial charge >= 0.3 is 0 Å². The summed E-state index contributed by atoms with van der Waals surface area (Å²) in [4.78, 5) is 16.0. The Morgan fingerprint density at radius 2 is 1.74 bits per heavy atom. The third-order valence-electron chi connectivity index (χ3n) is 5.53. The number of methoxy groups -OCH3 is 1. The van der Waals surface area contributed by atoms with Crippen molar-refractivity contribution in [1.82, 2.24) is 4.57 Å². The summed E-state index contributed by atoms with van der Waals surface area (Å²) in [5.74, 6) is -0.643. The monoisotopic (exact) mass is 364 g/mol. The Morgan fingerprint density at radius 1 is 1.04 bits per heavy atom. The lowest BCUT2D eigenvalue weighted by Crippen LogP contribution is -2.24. The molecule has 1 saturated carbocycles. The number of hydrogen-bond donors (Lipinski definition) is 2. The van der Waals surface area contributed by atoms with Gasteiger partial charge in [-0.05, 0) is 43.9 Å². The molecule has 0 spiro atoms. The lowest BCUT2D eigenvalue weighted by Gasteiger charge is -2.30. The number of amides is 1. The number of carbonyl (C=O) groups is 1. The first-order valence-corrected chi connectivity index (χ1v) is 9.28. The Kier molecular flexibility index (Phi) is 4.58. The van der Waals surface area contributed by atoms with Crippen LogP contribution in [-0.4, -0.2) is 29.6 Å². The maximum absolute atomic E-state index is 12.3. The summed E-state index contributed by atoms with van der Waals surface area (Å²) in [5, 5.41) is 2.34. The Morgan fingerprint density at radius 3 is 2.44 bits per heavy atom. The topological polar surface area (TPSA) is 95.6 Å². The molecule has 4 N–H and O–H groups in total. The molecule has 0 atom stereocenters. The van der Waals surface area contributed by atoms with Gasteiger partial charge in [0.15, 0.2) is 5.96 Å². The highest BCUT2D eigenvalue weighted by atomic mass is 16.5. The fourth-order valence-corrected chi connectivity index (χ4v) is 4.25. The summed E-state index contributed by atoms with van der Waals surface area (Å²) >= 11 is 0. The van der Waals surface area contributed by atoms with Crippen LogP contribution in [0.1, 0.15) is 42.1 Å². The first kappa shape index (κ1) is 17.5. The summed E-state index contributed by atoms with van der Waals surface area (Å²) in [6, 6.07) is 14.5. The molecule has 0 radical (unpaired) electrons. The molecule has 1 aromatic heterocycles. The normalized spacial score (nSPS) is 20.0. The summed E-state index contributed by atoms with van der Waals surface area (Å²) in [5.41, 5.74) is 13.5. The molecule has 4 rings (SSSR count). The zero-order valence-corrected chi connectivity index (χ0v) is 15.4. The van der Waals surface area contributed by atoms with Crippen LogP contribution in [0, 0.1) is 0 Å². The summed E-state index contributed by atoms with van der Waals surface area (Å²) < 4.78 is 7.90. The first-order valence-electron chi connectivity index (χ1n) is 9.28. The molecule has 3 aromatic rings. The van der Waals surface area contributed by atoms with Crippen LogP contribution in [0.4, 0.5) is 0 Å². The molecule has 1 aliphatic carbocycles. The minimum atomic E-state index is -0.420. The first-order chi connectivity index (χ1) is 13.1. The number of guanidine groups is 1. The van der Waals surface area contributed by atoms with E-state index in [0.717, 1.165) is 36.6 Å². The van der Waals surface area contributed by atoms with Crippen molar-refractivity contribution in [1.29, 1.82) is 0 Å². The molecule has 6 heteroatoms. The van der Waals surface area contributed by atoms with Crippen molar-refractivity contribution in [3.05, 3.63) is 48.0 Å². The second-order valence-electron chi connectivity index (χ2n) is 7.13. The highest BCUT2D eigenvalue weighted by molar-refractivity contribution is 6.11. The lowest BCUT2D eigenvalue weighted by atomic mass is 9.92. The number of aromatic nitrogens is 1. The maximum Gasteiger partial charge on any atom is 0.280 e. The van der Waals surface area contributed by atoms with Gasteiger partial charge in [-0.25, -0.2) is 0 Å². The highest BCUT2D eigenvalue weighted by Crippen LogP contribution is 2.38. The number of carbonyl (C=O) groups excluding carboxylic acids is 1. The number of hydrogen-bond acceptors (Lipinski definition) is 2. The summed E-state index contributed by atoms with van der Waals surface area (Å²) in [6.07, 6.45) is 4.54. The van der Waals surface area contributed by atoms with E-state index in [1.807, 2.05) is 18.2 Å². The maximum atomic E-state index is 12.3. The molecule has 0 unspecified atom stereocenters. The zero-order valence-electron chi connectivity index (χ0n) is 15.4. The van der Waals surface area contributed by atoms with Gasteiger partial charge in [-0.1, -0.05) is 24.3 Å². The number of rotatable bonds is 3. The van der Waals surface area contributed by atoms with Gasteiger partial charge in [0.25, 0.3) is 5.91 Å². The van der Waals surface area contributed by atoms with E-state index >= 15 is 0 Å². The van der Waals surface area contributed by atoms with Crippen LogP contribution < -0.4 is 11.5 Å². The van der Waals surface area contributed by atoms with Crippen molar-refractivity contribution >= 4 is 33.7 Å². The van der Waals surface area contributed by atoms with E-state index in [4.69, 9.17) is 16.2 Å². The van der Waals surface area contributed by atoms with E-state index in [9.17, 15) is 4.79 Å². The molecular weight excluding hydrogens is 340 g/mol. The number of benzene rings is 2. The van der Waals surface area contributed by atoms with E-state index < -0.39 is 5.91 Å². The molecule has 27 heavy (non-hydrogen) atoms. The Balaban J connectivity index is 1.86. The van der Waals surface area contributed by atoms with E-state index in [-0.39, 0.29) is 5.96 Å². The molecule has 0 aliphatic heterocycles. The molecule has 1 heterocycles. The Bertz CT molecular complexity index is 1030. The van der Waals surface area contributed by atoms with Crippen molar-refractivity contribution in [3.63, 3.8) is 0 Å². The van der Waals surface area contributed by atoms with Crippen LogP contribution in [0.5, 0.6) is 0 Å². The Labute approximate surface area is 157 Å². The molecule has 0 bridgehead atoms. The molecule has 1 aliphatic rings. The van der Waals surface area contributed by atoms with E-state index in [1.54, 1.807) is 13.2 Å². The highest BCUT2D eigenvalue weighted by Gasteiger charge is 2.25. The van der Waals surface area contributed by atoms with Crippen LogP contribution in [0.2, 0.25) is 0 Å². The van der Waals surface area contributed by atoms with Crippen LogP contribution in [0.15, 0.2) is 47.5 Å². The molecule has 6 nitrogen and oxygen atoms in total. The molecule has 1 fully saturated rings. The van der Waals surface area contributed by atoms with Gasteiger partial charge in [-0.15, -0.1) is 0 Å². The standard InChI is InChI=1S/C21H24N4O2/c1-27-15-9-7-14(8-10-15)25-18-5-3-2-4-16(18)17-11-6-13(12-19(17)25)20(26)24-21(22)23/h2-6,11-12,14-15H,7-10H2,1H3,(H4,22,23,24,26)/t14-,15-.